The smallest absolute Gasteiger partial charge is 0.170 e. The Kier molecular flexibility index (Phi) is 5.18. The Balaban J connectivity index is 1.70. The molecule has 2 fully saturated rings. The fourth-order valence-corrected chi connectivity index (χ4v) is 2.15. The van der Waals surface area contributed by atoms with Crippen molar-refractivity contribution in [2.75, 3.05) is 39.6 Å². The predicted molar refractivity (Wildman–Crippen MR) is 60.7 cm³/mol. The maximum Gasteiger partial charge on any atom is 0.170 e. The van der Waals surface area contributed by atoms with Crippen LogP contribution in [0.25, 0.3) is 0 Å². The summed E-state index contributed by atoms with van der Waals surface area (Å²) in [4.78, 5) is 0. The van der Waals surface area contributed by atoms with Crippen molar-refractivity contribution in [3.63, 3.8) is 0 Å². The highest BCUT2D eigenvalue weighted by atomic mass is 16.7. The van der Waals surface area contributed by atoms with Crippen molar-refractivity contribution in [2.45, 2.75) is 37.6 Å². The molecule has 2 rings (SSSR count). The molecule has 2 saturated heterocycles. The number of epoxide rings is 1. The standard InChI is InChI=1S/C12H22O5/c13-4-6-14-7-8-17-12(9-11-10-15-11)3-1-2-5-16-12/h11,13H,1-10H2. The largest absolute Gasteiger partial charge is 0.394 e. The lowest BCUT2D eigenvalue weighted by Gasteiger charge is -2.36. The van der Waals surface area contributed by atoms with Gasteiger partial charge in [0.1, 0.15) is 0 Å². The number of aliphatic hydroxyl groups is 1. The van der Waals surface area contributed by atoms with Gasteiger partial charge in [-0.1, -0.05) is 0 Å². The van der Waals surface area contributed by atoms with Gasteiger partial charge in [-0.15, -0.1) is 0 Å². The monoisotopic (exact) mass is 246 g/mol. The summed E-state index contributed by atoms with van der Waals surface area (Å²) >= 11 is 0. The third kappa shape index (κ3) is 4.52. The summed E-state index contributed by atoms with van der Waals surface area (Å²) in [5, 5.41) is 8.59. The van der Waals surface area contributed by atoms with Crippen LogP contribution in [0.4, 0.5) is 0 Å². The van der Waals surface area contributed by atoms with Gasteiger partial charge in [0.2, 0.25) is 0 Å². The number of aliphatic hydroxyl groups excluding tert-OH is 1. The van der Waals surface area contributed by atoms with Gasteiger partial charge in [-0.05, 0) is 12.8 Å². The molecule has 0 aromatic heterocycles. The molecule has 0 saturated carbocycles. The molecule has 1 N–H and O–H groups in total. The maximum atomic E-state index is 8.59. The molecule has 0 spiro atoms. The van der Waals surface area contributed by atoms with Gasteiger partial charge in [-0.3, -0.25) is 0 Å². The van der Waals surface area contributed by atoms with Crippen LogP contribution >= 0.6 is 0 Å². The van der Waals surface area contributed by atoms with Crippen LogP contribution < -0.4 is 0 Å². The van der Waals surface area contributed by atoms with E-state index in [1.807, 2.05) is 0 Å². The second kappa shape index (κ2) is 6.66. The number of ether oxygens (including phenoxy) is 4. The highest BCUT2D eigenvalue weighted by molar-refractivity contribution is 4.83. The Morgan fingerprint density at radius 3 is 2.76 bits per heavy atom. The summed E-state index contributed by atoms with van der Waals surface area (Å²) in [6, 6.07) is 0. The van der Waals surface area contributed by atoms with Crippen LogP contribution in [0.2, 0.25) is 0 Å². The van der Waals surface area contributed by atoms with E-state index in [1.165, 1.54) is 0 Å². The molecular weight excluding hydrogens is 224 g/mol. The normalized spacial score (nSPS) is 32.6. The van der Waals surface area contributed by atoms with E-state index in [4.69, 9.17) is 24.1 Å². The number of hydrogen-bond donors (Lipinski definition) is 1. The summed E-state index contributed by atoms with van der Waals surface area (Å²) in [6.45, 7) is 3.02. The first-order valence-corrected chi connectivity index (χ1v) is 6.43. The van der Waals surface area contributed by atoms with E-state index in [2.05, 4.69) is 0 Å². The van der Waals surface area contributed by atoms with Crippen LogP contribution in [0, 0.1) is 0 Å². The van der Waals surface area contributed by atoms with Crippen LogP contribution in [-0.4, -0.2) is 56.6 Å². The Morgan fingerprint density at radius 2 is 2.12 bits per heavy atom. The van der Waals surface area contributed by atoms with Crippen molar-refractivity contribution in [1.82, 2.24) is 0 Å². The third-order valence-electron chi connectivity index (χ3n) is 3.09. The molecule has 0 aliphatic carbocycles. The predicted octanol–water partition coefficient (Wildman–Crippen LogP) is 0.698. The average Bonchev–Trinajstić information content (AvgIpc) is 3.14. The summed E-state index contributed by atoms with van der Waals surface area (Å²) in [7, 11) is 0. The molecule has 5 nitrogen and oxygen atoms in total. The van der Waals surface area contributed by atoms with Gasteiger partial charge in [0.05, 0.1) is 45.7 Å². The maximum absolute atomic E-state index is 8.59. The lowest BCUT2D eigenvalue weighted by Crippen LogP contribution is -2.41. The zero-order chi connectivity index (χ0) is 12.0. The van der Waals surface area contributed by atoms with E-state index in [9.17, 15) is 0 Å². The van der Waals surface area contributed by atoms with Gasteiger partial charge in [-0.2, -0.15) is 0 Å². The molecule has 100 valence electrons. The van der Waals surface area contributed by atoms with Gasteiger partial charge in [0.15, 0.2) is 5.79 Å². The summed E-state index contributed by atoms with van der Waals surface area (Å²) in [5.41, 5.74) is 0. The first kappa shape index (κ1) is 13.2. The number of rotatable bonds is 8. The van der Waals surface area contributed by atoms with Crippen LogP contribution in [0.1, 0.15) is 25.7 Å². The van der Waals surface area contributed by atoms with Gasteiger partial charge < -0.3 is 24.1 Å². The molecule has 0 amide bonds. The molecule has 2 heterocycles. The second-order valence-corrected chi connectivity index (χ2v) is 4.56. The molecule has 2 unspecified atom stereocenters. The van der Waals surface area contributed by atoms with Crippen molar-refractivity contribution in [1.29, 1.82) is 0 Å². The first-order chi connectivity index (χ1) is 8.35. The SMILES string of the molecule is OCCOCCOC1(CC2CO2)CCCCO1. The Labute approximate surface area is 102 Å². The third-order valence-corrected chi connectivity index (χ3v) is 3.09. The topological polar surface area (TPSA) is 60.5 Å². The van der Waals surface area contributed by atoms with E-state index in [0.29, 0.717) is 25.9 Å². The van der Waals surface area contributed by atoms with E-state index < -0.39 is 5.79 Å². The number of hydrogen-bond acceptors (Lipinski definition) is 5. The van der Waals surface area contributed by atoms with Gasteiger partial charge in [0, 0.05) is 12.8 Å². The van der Waals surface area contributed by atoms with Crippen LogP contribution in [0.15, 0.2) is 0 Å². The Morgan fingerprint density at radius 1 is 1.24 bits per heavy atom. The van der Waals surface area contributed by atoms with Crippen LogP contribution in [0.5, 0.6) is 0 Å². The minimum Gasteiger partial charge on any atom is -0.394 e. The van der Waals surface area contributed by atoms with E-state index >= 15 is 0 Å². The summed E-state index contributed by atoms with van der Waals surface area (Å²) in [5.74, 6) is -0.456. The fraction of sp³-hybridized carbons (Fsp3) is 1.00. The highest BCUT2D eigenvalue weighted by Crippen LogP contribution is 2.34. The zero-order valence-electron chi connectivity index (χ0n) is 10.2. The average molecular weight is 246 g/mol. The summed E-state index contributed by atoms with van der Waals surface area (Å²) < 4.78 is 22.1. The molecule has 17 heavy (non-hydrogen) atoms. The van der Waals surface area contributed by atoms with E-state index in [1.54, 1.807) is 0 Å². The van der Waals surface area contributed by atoms with Crippen molar-refractivity contribution in [3.05, 3.63) is 0 Å². The van der Waals surface area contributed by atoms with E-state index in [-0.39, 0.29) is 6.61 Å². The van der Waals surface area contributed by atoms with Crippen molar-refractivity contribution < 1.29 is 24.1 Å². The minimum atomic E-state index is -0.456. The van der Waals surface area contributed by atoms with Gasteiger partial charge in [0.25, 0.3) is 0 Å². The lowest BCUT2D eigenvalue weighted by molar-refractivity contribution is -0.264. The van der Waals surface area contributed by atoms with Crippen molar-refractivity contribution in [3.8, 4) is 0 Å². The Hall–Kier alpha value is -0.200. The lowest BCUT2D eigenvalue weighted by atomic mass is 10.0. The Bertz CT molecular complexity index is 211. The molecule has 2 aliphatic rings. The van der Waals surface area contributed by atoms with Crippen molar-refractivity contribution in [2.24, 2.45) is 0 Å². The molecule has 0 bridgehead atoms. The van der Waals surface area contributed by atoms with E-state index in [0.717, 1.165) is 38.9 Å². The van der Waals surface area contributed by atoms with Crippen molar-refractivity contribution >= 4 is 0 Å². The van der Waals surface area contributed by atoms with Crippen LogP contribution in [-0.2, 0) is 18.9 Å². The highest BCUT2D eigenvalue weighted by Gasteiger charge is 2.40. The van der Waals surface area contributed by atoms with Gasteiger partial charge >= 0.3 is 0 Å². The fourth-order valence-electron chi connectivity index (χ4n) is 2.15. The minimum absolute atomic E-state index is 0.0531. The molecular formula is C12H22O5. The van der Waals surface area contributed by atoms with Crippen LogP contribution in [0.3, 0.4) is 0 Å². The second-order valence-electron chi connectivity index (χ2n) is 4.56. The quantitative estimate of drug-likeness (QED) is 0.504. The first-order valence-electron chi connectivity index (χ1n) is 6.43. The zero-order valence-corrected chi connectivity index (χ0v) is 10.2. The molecule has 0 aromatic rings. The molecule has 2 atom stereocenters. The molecule has 5 heteroatoms. The molecule has 2 aliphatic heterocycles. The molecule has 0 radical (unpaired) electrons. The molecule has 0 aromatic carbocycles. The van der Waals surface area contributed by atoms with Gasteiger partial charge in [-0.25, -0.2) is 0 Å². The summed E-state index contributed by atoms with van der Waals surface area (Å²) in [6.07, 6.45) is 4.33.